The Morgan fingerprint density at radius 1 is 0.900 bits per heavy atom. The first-order valence-corrected chi connectivity index (χ1v) is 12.4. The van der Waals surface area contributed by atoms with Crippen molar-refractivity contribution in [1.29, 1.82) is 0 Å². The number of nitrogens with zero attached hydrogens (tertiary/aromatic N) is 2. The van der Waals surface area contributed by atoms with Crippen LogP contribution in [-0.2, 0) is 19.1 Å². The van der Waals surface area contributed by atoms with Crippen LogP contribution >= 0.6 is 0 Å². The largest absolute Gasteiger partial charge is 0.378 e. The maximum Gasteiger partial charge on any atom is 0.222 e. The van der Waals surface area contributed by atoms with Gasteiger partial charge in [-0.25, -0.2) is 0 Å². The summed E-state index contributed by atoms with van der Waals surface area (Å²) >= 11 is 0. The average molecular weight is 423 g/mol. The summed E-state index contributed by atoms with van der Waals surface area (Å²) in [5.41, 5.74) is 0. The van der Waals surface area contributed by atoms with E-state index in [1.54, 1.807) is 0 Å². The lowest BCUT2D eigenvalue weighted by atomic mass is 9.92. The highest BCUT2D eigenvalue weighted by molar-refractivity contribution is 5.76. The van der Waals surface area contributed by atoms with Gasteiger partial charge in [0.05, 0.1) is 12.2 Å². The highest BCUT2D eigenvalue weighted by atomic mass is 16.5. The lowest BCUT2D eigenvalue weighted by Gasteiger charge is -2.32. The van der Waals surface area contributed by atoms with Crippen LogP contribution in [0.25, 0.3) is 0 Å². The SMILES string of the molecule is CCN(CCCC1CCN(C(=O)CC[C@@H]2CCCO2)CC1)C(=O)CC[C@H]1CCCO1. The molecule has 3 rings (SSSR count). The van der Waals surface area contributed by atoms with Gasteiger partial charge in [-0.15, -0.1) is 0 Å². The standard InChI is InChI=1S/C24H42N2O4/c1-2-25(23(27)11-9-21-7-4-18-29-21)15-3-6-20-13-16-26(17-14-20)24(28)12-10-22-8-5-19-30-22/h20-22H,2-19H2,1H3/t21-,22+/m1/s1. The van der Waals surface area contributed by atoms with Gasteiger partial charge in [0.2, 0.25) is 11.8 Å². The average Bonchev–Trinajstić information content (AvgIpc) is 3.48. The third kappa shape index (κ3) is 7.52. The Morgan fingerprint density at radius 3 is 2.10 bits per heavy atom. The van der Waals surface area contributed by atoms with E-state index in [9.17, 15) is 9.59 Å². The van der Waals surface area contributed by atoms with E-state index >= 15 is 0 Å². The molecule has 30 heavy (non-hydrogen) atoms. The second-order valence-electron chi connectivity index (χ2n) is 9.29. The number of ether oxygens (including phenoxy) is 2. The van der Waals surface area contributed by atoms with Crippen LogP contribution in [0.5, 0.6) is 0 Å². The minimum absolute atomic E-state index is 0.277. The van der Waals surface area contributed by atoms with Crippen LogP contribution < -0.4 is 0 Å². The Morgan fingerprint density at radius 2 is 1.53 bits per heavy atom. The molecule has 6 nitrogen and oxygen atoms in total. The monoisotopic (exact) mass is 422 g/mol. The first kappa shape index (κ1) is 23.5. The van der Waals surface area contributed by atoms with E-state index in [1.165, 1.54) is 0 Å². The molecule has 0 unspecified atom stereocenters. The minimum Gasteiger partial charge on any atom is -0.378 e. The lowest BCUT2D eigenvalue weighted by Crippen LogP contribution is -2.39. The smallest absolute Gasteiger partial charge is 0.222 e. The molecular weight excluding hydrogens is 380 g/mol. The molecule has 3 fully saturated rings. The molecule has 0 radical (unpaired) electrons. The Labute approximate surface area is 182 Å². The number of hydrogen-bond acceptors (Lipinski definition) is 4. The third-order valence-electron chi connectivity index (χ3n) is 7.15. The van der Waals surface area contributed by atoms with Gasteiger partial charge >= 0.3 is 0 Å². The van der Waals surface area contributed by atoms with Gasteiger partial charge in [-0.1, -0.05) is 0 Å². The van der Waals surface area contributed by atoms with Gasteiger partial charge in [-0.05, 0) is 77.0 Å². The van der Waals surface area contributed by atoms with Gasteiger partial charge in [0.25, 0.3) is 0 Å². The molecule has 2 atom stereocenters. The van der Waals surface area contributed by atoms with Crippen molar-refractivity contribution < 1.29 is 19.1 Å². The fraction of sp³-hybridized carbons (Fsp3) is 0.917. The third-order valence-corrected chi connectivity index (χ3v) is 7.15. The van der Waals surface area contributed by atoms with Crippen molar-refractivity contribution in [3.63, 3.8) is 0 Å². The van der Waals surface area contributed by atoms with Crippen molar-refractivity contribution in [3.8, 4) is 0 Å². The molecule has 172 valence electrons. The maximum atomic E-state index is 12.5. The number of rotatable bonds is 11. The minimum atomic E-state index is 0.277. The molecule has 0 spiro atoms. The van der Waals surface area contributed by atoms with E-state index in [0.717, 1.165) is 104 Å². The van der Waals surface area contributed by atoms with E-state index < -0.39 is 0 Å². The van der Waals surface area contributed by atoms with Crippen molar-refractivity contribution in [2.75, 3.05) is 39.4 Å². The number of likely N-dealkylation sites (tertiary alicyclic amines) is 1. The Bertz CT molecular complexity index is 521. The topological polar surface area (TPSA) is 59.1 Å². The van der Waals surface area contributed by atoms with Gasteiger partial charge in [0.1, 0.15) is 0 Å². The van der Waals surface area contributed by atoms with Gasteiger partial charge in [-0.2, -0.15) is 0 Å². The predicted molar refractivity (Wildman–Crippen MR) is 117 cm³/mol. The molecule has 3 heterocycles. The van der Waals surface area contributed by atoms with Crippen LogP contribution in [0.2, 0.25) is 0 Å². The van der Waals surface area contributed by atoms with Crippen molar-refractivity contribution in [3.05, 3.63) is 0 Å². The number of amides is 2. The second-order valence-corrected chi connectivity index (χ2v) is 9.29. The first-order valence-electron chi connectivity index (χ1n) is 12.4. The van der Waals surface area contributed by atoms with Crippen LogP contribution in [0.15, 0.2) is 0 Å². The second kappa shape index (κ2) is 12.7. The first-order chi connectivity index (χ1) is 14.7. The molecule has 3 saturated heterocycles. The molecule has 6 heteroatoms. The summed E-state index contributed by atoms with van der Waals surface area (Å²) in [4.78, 5) is 29.0. The summed E-state index contributed by atoms with van der Waals surface area (Å²) < 4.78 is 11.3. The van der Waals surface area contributed by atoms with Crippen LogP contribution in [0.4, 0.5) is 0 Å². The quantitative estimate of drug-likeness (QED) is 0.509. The van der Waals surface area contributed by atoms with Gasteiger partial charge in [-0.3, -0.25) is 9.59 Å². The molecule has 0 saturated carbocycles. The number of piperidine rings is 1. The molecule has 3 aliphatic heterocycles. The van der Waals surface area contributed by atoms with Gasteiger partial charge in [0, 0.05) is 52.2 Å². The highest BCUT2D eigenvalue weighted by Crippen LogP contribution is 2.24. The van der Waals surface area contributed by atoms with Crippen molar-refractivity contribution in [2.45, 2.75) is 96.2 Å². The van der Waals surface area contributed by atoms with E-state index in [0.29, 0.717) is 36.9 Å². The molecule has 3 aliphatic rings. The molecule has 0 bridgehead atoms. The maximum absolute atomic E-state index is 12.5. The molecule has 0 aromatic carbocycles. The normalized spacial score (nSPS) is 25.0. The summed E-state index contributed by atoms with van der Waals surface area (Å²) in [7, 11) is 0. The molecule has 2 amide bonds. The summed E-state index contributed by atoms with van der Waals surface area (Å²) in [6, 6.07) is 0. The van der Waals surface area contributed by atoms with E-state index in [1.807, 2.05) is 4.90 Å². The molecule has 0 N–H and O–H groups in total. The summed E-state index contributed by atoms with van der Waals surface area (Å²) in [6.45, 7) is 7.24. The van der Waals surface area contributed by atoms with Gasteiger partial charge < -0.3 is 19.3 Å². The van der Waals surface area contributed by atoms with Crippen molar-refractivity contribution in [1.82, 2.24) is 9.80 Å². The summed E-state index contributed by atoms with van der Waals surface area (Å²) in [5, 5.41) is 0. The molecular formula is C24H42N2O4. The Balaban J connectivity index is 1.26. The van der Waals surface area contributed by atoms with Crippen LogP contribution in [0.3, 0.4) is 0 Å². The molecule has 0 aliphatic carbocycles. The fourth-order valence-corrected chi connectivity index (χ4v) is 5.13. The number of hydrogen-bond donors (Lipinski definition) is 0. The molecule has 0 aromatic heterocycles. The number of carbonyl (C=O) groups excluding carboxylic acids is 2. The molecule has 0 aromatic rings. The zero-order valence-electron chi connectivity index (χ0n) is 19.0. The van der Waals surface area contributed by atoms with E-state index in [-0.39, 0.29) is 5.91 Å². The van der Waals surface area contributed by atoms with E-state index in [2.05, 4.69) is 11.8 Å². The van der Waals surface area contributed by atoms with Crippen LogP contribution in [0.1, 0.15) is 84.0 Å². The zero-order chi connectivity index (χ0) is 21.2. The van der Waals surface area contributed by atoms with Crippen molar-refractivity contribution >= 4 is 11.8 Å². The lowest BCUT2D eigenvalue weighted by molar-refractivity contribution is -0.133. The number of carbonyl (C=O) groups is 2. The van der Waals surface area contributed by atoms with Crippen LogP contribution in [0, 0.1) is 5.92 Å². The summed E-state index contributed by atoms with van der Waals surface area (Å²) in [6.07, 6.45) is 12.5. The van der Waals surface area contributed by atoms with E-state index in [4.69, 9.17) is 9.47 Å². The van der Waals surface area contributed by atoms with Crippen molar-refractivity contribution in [2.24, 2.45) is 5.92 Å². The predicted octanol–water partition coefficient (Wildman–Crippen LogP) is 3.77. The Hall–Kier alpha value is -1.14. The fourth-order valence-electron chi connectivity index (χ4n) is 5.13. The zero-order valence-corrected chi connectivity index (χ0v) is 19.0. The Kier molecular flexibility index (Phi) is 9.92. The highest BCUT2D eigenvalue weighted by Gasteiger charge is 2.25. The summed E-state index contributed by atoms with van der Waals surface area (Å²) in [5.74, 6) is 1.27. The van der Waals surface area contributed by atoms with Gasteiger partial charge in [0.15, 0.2) is 0 Å². The van der Waals surface area contributed by atoms with Crippen LogP contribution in [-0.4, -0.2) is 73.2 Å².